The van der Waals surface area contributed by atoms with Crippen LogP contribution >= 0.6 is 11.3 Å². The van der Waals surface area contributed by atoms with Gasteiger partial charge in [0, 0.05) is 30.1 Å². The Bertz CT molecular complexity index is 691. The van der Waals surface area contributed by atoms with Crippen LogP contribution in [-0.4, -0.2) is 24.8 Å². The van der Waals surface area contributed by atoms with Crippen LogP contribution in [0.3, 0.4) is 0 Å². The van der Waals surface area contributed by atoms with Gasteiger partial charge in [0.1, 0.15) is 0 Å². The average molecular weight is 308 g/mol. The fourth-order valence-corrected chi connectivity index (χ4v) is 3.41. The van der Waals surface area contributed by atoms with Crippen molar-refractivity contribution in [2.24, 2.45) is 0 Å². The molecule has 0 saturated heterocycles. The van der Waals surface area contributed by atoms with E-state index in [1.165, 1.54) is 21.1 Å². The summed E-state index contributed by atoms with van der Waals surface area (Å²) in [5.41, 5.74) is 0.859. The number of thiazole rings is 1. The van der Waals surface area contributed by atoms with Crippen LogP contribution in [-0.2, 0) is 16.6 Å². The molecular formula is C14H16N2O2S2. The van der Waals surface area contributed by atoms with Crippen LogP contribution in [0.25, 0.3) is 6.08 Å². The minimum atomic E-state index is -3.42. The number of rotatable bonds is 5. The van der Waals surface area contributed by atoms with Gasteiger partial charge < -0.3 is 0 Å². The lowest BCUT2D eigenvalue weighted by atomic mass is 10.2. The lowest BCUT2D eigenvalue weighted by molar-refractivity contribution is 0.478. The minimum Gasteiger partial charge on any atom is -0.250 e. The van der Waals surface area contributed by atoms with Crippen molar-refractivity contribution in [3.63, 3.8) is 0 Å². The van der Waals surface area contributed by atoms with Crippen molar-refractivity contribution in [2.45, 2.75) is 13.5 Å². The van der Waals surface area contributed by atoms with E-state index in [0.717, 1.165) is 15.4 Å². The smallest absolute Gasteiger partial charge is 0.236 e. The Morgan fingerprint density at radius 1 is 1.30 bits per heavy atom. The van der Waals surface area contributed by atoms with Crippen LogP contribution in [0.4, 0.5) is 0 Å². The maximum Gasteiger partial charge on any atom is 0.236 e. The van der Waals surface area contributed by atoms with Crippen molar-refractivity contribution < 1.29 is 8.42 Å². The summed E-state index contributed by atoms with van der Waals surface area (Å²) < 4.78 is 25.6. The Hall–Kier alpha value is -1.50. The van der Waals surface area contributed by atoms with Gasteiger partial charge in [0.2, 0.25) is 10.0 Å². The summed E-state index contributed by atoms with van der Waals surface area (Å²) in [7, 11) is -1.85. The number of sulfonamides is 1. The lowest BCUT2D eigenvalue weighted by Crippen LogP contribution is -2.23. The SMILES string of the molecule is Cc1ncc(CN(C)S(=O)(=O)/C=C\c2ccccc2)s1. The second kappa shape index (κ2) is 6.30. The maximum atomic E-state index is 12.1. The van der Waals surface area contributed by atoms with E-state index in [1.807, 2.05) is 37.3 Å². The molecule has 0 N–H and O–H groups in total. The van der Waals surface area contributed by atoms with E-state index in [1.54, 1.807) is 19.3 Å². The maximum absolute atomic E-state index is 12.1. The molecule has 0 aliphatic rings. The fourth-order valence-electron chi connectivity index (χ4n) is 1.62. The molecule has 2 rings (SSSR count). The molecule has 1 aromatic carbocycles. The van der Waals surface area contributed by atoms with Gasteiger partial charge in [-0.05, 0) is 18.6 Å². The predicted molar refractivity (Wildman–Crippen MR) is 82.7 cm³/mol. The van der Waals surface area contributed by atoms with E-state index in [0.29, 0.717) is 6.54 Å². The zero-order chi connectivity index (χ0) is 14.6. The van der Waals surface area contributed by atoms with Crippen molar-refractivity contribution >= 4 is 27.4 Å². The largest absolute Gasteiger partial charge is 0.250 e. The van der Waals surface area contributed by atoms with E-state index in [9.17, 15) is 8.42 Å². The first-order chi connectivity index (χ1) is 9.47. The van der Waals surface area contributed by atoms with Gasteiger partial charge in [-0.3, -0.25) is 0 Å². The zero-order valence-corrected chi connectivity index (χ0v) is 13.0. The molecule has 0 spiro atoms. The monoisotopic (exact) mass is 308 g/mol. The zero-order valence-electron chi connectivity index (χ0n) is 11.4. The molecule has 106 valence electrons. The molecule has 0 unspecified atom stereocenters. The molecule has 0 saturated carbocycles. The Balaban J connectivity index is 2.08. The number of nitrogens with zero attached hydrogens (tertiary/aromatic N) is 2. The summed E-state index contributed by atoms with van der Waals surface area (Å²) in [4.78, 5) is 5.06. The highest BCUT2D eigenvalue weighted by Gasteiger charge is 2.15. The van der Waals surface area contributed by atoms with Gasteiger partial charge in [0.15, 0.2) is 0 Å². The molecular weight excluding hydrogens is 292 g/mol. The summed E-state index contributed by atoms with van der Waals surface area (Å²) in [6, 6.07) is 9.35. The van der Waals surface area contributed by atoms with Gasteiger partial charge in [-0.25, -0.2) is 13.4 Å². The number of benzene rings is 1. The highest BCUT2D eigenvalue weighted by atomic mass is 32.2. The molecule has 6 heteroatoms. The number of aryl methyl sites for hydroxylation is 1. The Morgan fingerprint density at radius 3 is 2.60 bits per heavy atom. The third-order valence-corrected chi connectivity index (χ3v) is 5.09. The molecule has 0 fully saturated rings. The normalized spacial score (nSPS) is 12.3. The lowest BCUT2D eigenvalue weighted by Gasteiger charge is -2.12. The molecule has 0 aliphatic heterocycles. The van der Waals surface area contributed by atoms with Crippen LogP contribution < -0.4 is 0 Å². The number of hydrogen-bond donors (Lipinski definition) is 0. The molecule has 0 radical (unpaired) electrons. The quantitative estimate of drug-likeness (QED) is 0.853. The van der Waals surface area contributed by atoms with Gasteiger partial charge in [0.05, 0.1) is 5.01 Å². The Labute approximate surface area is 123 Å². The summed E-state index contributed by atoms with van der Waals surface area (Å²) in [5, 5.41) is 2.17. The molecule has 0 aliphatic carbocycles. The van der Waals surface area contributed by atoms with Gasteiger partial charge in [0.25, 0.3) is 0 Å². The third kappa shape index (κ3) is 4.00. The van der Waals surface area contributed by atoms with Crippen LogP contribution in [0.5, 0.6) is 0 Å². The molecule has 1 heterocycles. The van der Waals surface area contributed by atoms with Crippen molar-refractivity contribution in [1.82, 2.24) is 9.29 Å². The molecule has 0 bridgehead atoms. The highest BCUT2D eigenvalue weighted by molar-refractivity contribution is 7.92. The van der Waals surface area contributed by atoms with Crippen molar-refractivity contribution in [3.05, 3.63) is 57.4 Å². The first-order valence-electron chi connectivity index (χ1n) is 6.08. The van der Waals surface area contributed by atoms with Gasteiger partial charge in [-0.2, -0.15) is 4.31 Å². The van der Waals surface area contributed by atoms with Crippen LogP contribution in [0, 0.1) is 6.92 Å². The highest BCUT2D eigenvalue weighted by Crippen LogP contribution is 2.16. The molecule has 4 nitrogen and oxygen atoms in total. The van der Waals surface area contributed by atoms with Crippen molar-refractivity contribution in [1.29, 1.82) is 0 Å². The minimum absolute atomic E-state index is 0.340. The second-order valence-electron chi connectivity index (χ2n) is 4.36. The summed E-state index contributed by atoms with van der Waals surface area (Å²) in [6.45, 7) is 2.24. The average Bonchev–Trinajstić information content (AvgIpc) is 2.83. The van der Waals surface area contributed by atoms with Crippen LogP contribution in [0.1, 0.15) is 15.4 Å². The Kier molecular flexibility index (Phi) is 4.69. The number of hydrogen-bond acceptors (Lipinski definition) is 4. The second-order valence-corrected chi connectivity index (χ2v) is 7.60. The number of aromatic nitrogens is 1. The van der Waals surface area contributed by atoms with Crippen LogP contribution in [0.2, 0.25) is 0 Å². The summed E-state index contributed by atoms with van der Waals surface area (Å²) in [5.74, 6) is 0. The van der Waals surface area contributed by atoms with Crippen molar-refractivity contribution in [2.75, 3.05) is 7.05 Å². The van der Waals surface area contributed by atoms with Crippen molar-refractivity contribution in [3.8, 4) is 0 Å². The molecule has 20 heavy (non-hydrogen) atoms. The molecule has 0 amide bonds. The van der Waals surface area contributed by atoms with Crippen LogP contribution in [0.15, 0.2) is 41.9 Å². The first-order valence-corrected chi connectivity index (χ1v) is 8.40. The topological polar surface area (TPSA) is 50.3 Å². The predicted octanol–water partition coefficient (Wildman–Crippen LogP) is 2.88. The van der Waals surface area contributed by atoms with Gasteiger partial charge in [-0.1, -0.05) is 30.3 Å². The van der Waals surface area contributed by atoms with Gasteiger partial charge in [-0.15, -0.1) is 11.3 Å². The first kappa shape index (κ1) is 14.9. The van der Waals surface area contributed by atoms with E-state index in [2.05, 4.69) is 4.98 Å². The summed E-state index contributed by atoms with van der Waals surface area (Å²) in [6.07, 6.45) is 3.32. The fraction of sp³-hybridized carbons (Fsp3) is 0.214. The van der Waals surface area contributed by atoms with E-state index in [-0.39, 0.29) is 0 Å². The van der Waals surface area contributed by atoms with E-state index >= 15 is 0 Å². The van der Waals surface area contributed by atoms with Gasteiger partial charge >= 0.3 is 0 Å². The van der Waals surface area contributed by atoms with E-state index in [4.69, 9.17) is 0 Å². The third-order valence-electron chi connectivity index (χ3n) is 2.71. The summed E-state index contributed by atoms with van der Waals surface area (Å²) >= 11 is 1.51. The molecule has 2 aromatic rings. The molecule has 0 atom stereocenters. The molecule has 1 aromatic heterocycles. The Morgan fingerprint density at radius 2 is 2.00 bits per heavy atom. The van der Waals surface area contributed by atoms with E-state index < -0.39 is 10.0 Å². The standard InChI is InChI=1S/C14H16N2O2S2/c1-12-15-10-14(19-12)11-16(2)20(17,18)9-8-13-6-4-3-5-7-13/h3-10H,11H2,1-2H3/b9-8-.